The van der Waals surface area contributed by atoms with Crippen LogP contribution in [0.25, 0.3) is 0 Å². The van der Waals surface area contributed by atoms with Crippen molar-refractivity contribution in [2.45, 2.75) is 57.7 Å². The Kier molecular flexibility index (Phi) is 5.67. The number of rotatable bonds is 5. The van der Waals surface area contributed by atoms with Crippen LogP contribution >= 0.6 is 0 Å². The van der Waals surface area contributed by atoms with E-state index < -0.39 is 6.04 Å². The van der Waals surface area contributed by atoms with Crippen LogP contribution in [0.3, 0.4) is 0 Å². The van der Waals surface area contributed by atoms with Crippen molar-refractivity contribution < 1.29 is 9.59 Å². The van der Waals surface area contributed by atoms with Crippen molar-refractivity contribution in [3.05, 3.63) is 70.3 Å². The molecule has 152 valence electrons. The van der Waals surface area contributed by atoms with Crippen LogP contribution in [0.2, 0.25) is 0 Å². The molecular weight excluding hydrogens is 362 g/mol. The van der Waals surface area contributed by atoms with Crippen molar-refractivity contribution in [3.8, 4) is 0 Å². The summed E-state index contributed by atoms with van der Waals surface area (Å²) in [4.78, 5) is 26.6. The molecule has 0 fully saturated rings. The molecule has 0 saturated carbocycles. The van der Waals surface area contributed by atoms with Crippen LogP contribution < -0.4 is 11.1 Å². The van der Waals surface area contributed by atoms with Crippen LogP contribution in [0.4, 0.5) is 0 Å². The number of hydrogen-bond acceptors (Lipinski definition) is 3. The standard InChI is InChI=1S/C24H29N3O2/c1-16(18-11-10-17-6-2-3-7-19(17)12-18)26-23(28)15-27-14-21-9-5-4-8-20(21)13-22(27)24(25)29/h4-5,8-12,16,22H,2-3,6-7,13-15H2,1H3,(H2,25,29)(H,26,28)/t16?,22-/m0/s1. The van der Waals surface area contributed by atoms with Gasteiger partial charge >= 0.3 is 0 Å². The fourth-order valence-electron chi connectivity index (χ4n) is 4.60. The number of fused-ring (bicyclic) bond motifs is 2. The molecule has 2 aliphatic rings. The van der Waals surface area contributed by atoms with Crippen molar-refractivity contribution in [1.82, 2.24) is 10.2 Å². The van der Waals surface area contributed by atoms with Gasteiger partial charge in [0.1, 0.15) is 0 Å². The zero-order valence-corrected chi connectivity index (χ0v) is 17.0. The van der Waals surface area contributed by atoms with E-state index >= 15 is 0 Å². The summed E-state index contributed by atoms with van der Waals surface area (Å²) in [5.41, 5.74) is 11.9. The first-order valence-electron chi connectivity index (χ1n) is 10.5. The highest BCUT2D eigenvalue weighted by Gasteiger charge is 2.31. The number of hydrogen-bond donors (Lipinski definition) is 2. The van der Waals surface area contributed by atoms with Gasteiger partial charge in [-0.2, -0.15) is 0 Å². The third-order valence-electron chi connectivity index (χ3n) is 6.27. The summed E-state index contributed by atoms with van der Waals surface area (Å²) in [5.74, 6) is -0.462. The van der Waals surface area contributed by atoms with E-state index in [1.807, 2.05) is 36.1 Å². The van der Waals surface area contributed by atoms with E-state index in [-0.39, 0.29) is 24.4 Å². The van der Waals surface area contributed by atoms with Crippen LogP contribution in [-0.2, 0) is 35.4 Å². The second-order valence-corrected chi connectivity index (χ2v) is 8.32. The Morgan fingerprint density at radius 3 is 2.55 bits per heavy atom. The van der Waals surface area contributed by atoms with Crippen LogP contribution in [-0.4, -0.2) is 29.3 Å². The summed E-state index contributed by atoms with van der Waals surface area (Å²) in [6.45, 7) is 2.74. The first-order chi connectivity index (χ1) is 14.0. The van der Waals surface area contributed by atoms with Gasteiger partial charge in [0.15, 0.2) is 0 Å². The smallest absolute Gasteiger partial charge is 0.235 e. The van der Waals surface area contributed by atoms with Gasteiger partial charge in [-0.15, -0.1) is 0 Å². The number of amides is 2. The Bertz CT molecular complexity index is 924. The van der Waals surface area contributed by atoms with Crippen LogP contribution in [0.15, 0.2) is 42.5 Å². The molecule has 2 amide bonds. The molecule has 5 heteroatoms. The SMILES string of the molecule is CC(NC(=O)CN1Cc2ccccc2C[C@H]1C(N)=O)c1ccc2c(c1)CCCC2. The maximum atomic E-state index is 12.8. The van der Waals surface area contributed by atoms with E-state index in [2.05, 4.69) is 23.5 Å². The number of nitrogens with two attached hydrogens (primary N) is 1. The quantitative estimate of drug-likeness (QED) is 0.823. The molecule has 1 unspecified atom stereocenters. The first kappa shape index (κ1) is 19.6. The Morgan fingerprint density at radius 2 is 1.79 bits per heavy atom. The minimum absolute atomic E-state index is 0.0705. The Balaban J connectivity index is 1.42. The minimum Gasteiger partial charge on any atom is -0.368 e. The lowest BCUT2D eigenvalue weighted by Gasteiger charge is -2.34. The van der Waals surface area contributed by atoms with E-state index in [9.17, 15) is 9.59 Å². The molecule has 3 N–H and O–H groups in total. The normalized spacial score (nSPS) is 19.7. The monoisotopic (exact) mass is 391 g/mol. The van der Waals surface area contributed by atoms with Gasteiger partial charge in [-0.05, 0) is 66.8 Å². The van der Waals surface area contributed by atoms with Gasteiger partial charge in [-0.1, -0.05) is 42.5 Å². The summed E-state index contributed by atoms with van der Waals surface area (Å²) in [5, 5.41) is 3.10. The third-order valence-corrected chi connectivity index (χ3v) is 6.27. The number of aryl methyl sites for hydroxylation is 2. The number of carbonyl (C=O) groups excluding carboxylic acids is 2. The molecule has 29 heavy (non-hydrogen) atoms. The zero-order chi connectivity index (χ0) is 20.4. The van der Waals surface area contributed by atoms with Crippen molar-refractivity contribution in [3.63, 3.8) is 0 Å². The van der Waals surface area contributed by atoms with Gasteiger partial charge in [-0.3, -0.25) is 14.5 Å². The Labute approximate surface area is 172 Å². The largest absolute Gasteiger partial charge is 0.368 e. The lowest BCUT2D eigenvalue weighted by molar-refractivity contribution is -0.128. The van der Waals surface area contributed by atoms with E-state index in [0.29, 0.717) is 13.0 Å². The molecule has 1 heterocycles. The Hall–Kier alpha value is -2.66. The highest BCUT2D eigenvalue weighted by Crippen LogP contribution is 2.25. The summed E-state index contributed by atoms with van der Waals surface area (Å²) in [6.07, 6.45) is 5.33. The van der Waals surface area contributed by atoms with Gasteiger partial charge in [-0.25, -0.2) is 0 Å². The van der Waals surface area contributed by atoms with Gasteiger partial charge in [0.2, 0.25) is 11.8 Å². The van der Waals surface area contributed by atoms with Crippen molar-refractivity contribution >= 4 is 11.8 Å². The van der Waals surface area contributed by atoms with Crippen LogP contribution in [0, 0.1) is 0 Å². The molecule has 5 nitrogen and oxygen atoms in total. The average Bonchev–Trinajstić information content (AvgIpc) is 2.72. The average molecular weight is 392 g/mol. The van der Waals surface area contributed by atoms with Crippen molar-refractivity contribution in [2.75, 3.05) is 6.54 Å². The molecule has 0 saturated heterocycles. The van der Waals surface area contributed by atoms with Gasteiger partial charge < -0.3 is 11.1 Å². The molecule has 2 aromatic carbocycles. The maximum Gasteiger partial charge on any atom is 0.235 e. The highest BCUT2D eigenvalue weighted by atomic mass is 16.2. The molecule has 0 spiro atoms. The van der Waals surface area contributed by atoms with Gasteiger partial charge in [0.05, 0.1) is 18.6 Å². The lowest BCUT2D eigenvalue weighted by atomic mass is 9.89. The molecule has 4 rings (SSSR count). The number of carbonyl (C=O) groups is 2. The molecule has 2 atom stereocenters. The van der Waals surface area contributed by atoms with Crippen molar-refractivity contribution in [2.24, 2.45) is 5.73 Å². The minimum atomic E-state index is -0.449. The molecule has 0 aromatic heterocycles. The molecule has 0 radical (unpaired) electrons. The number of benzene rings is 2. The van der Waals surface area contributed by atoms with Gasteiger partial charge in [0, 0.05) is 6.54 Å². The van der Waals surface area contributed by atoms with E-state index in [0.717, 1.165) is 29.5 Å². The molecule has 1 aliphatic heterocycles. The third kappa shape index (κ3) is 4.35. The number of primary amides is 1. The number of nitrogens with zero attached hydrogens (tertiary/aromatic N) is 1. The van der Waals surface area contributed by atoms with Crippen LogP contribution in [0.5, 0.6) is 0 Å². The highest BCUT2D eigenvalue weighted by molar-refractivity contribution is 5.83. The summed E-state index contributed by atoms with van der Waals surface area (Å²) in [7, 11) is 0. The molecule has 1 aliphatic carbocycles. The zero-order valence-electron chi connectivity index (χ0n) is 17.0. The predicted molar refractivity (Wildman–Crippen MR) is 113 cm³/mol. The van der Waals surface area contributed by atoms with E-state index in [1.165, 1.54) is 24.0 Å². The van der Waals surface area contributed by atoms with Crippen LogP contribution in [0.1, 0.15) is 53.6 Å². The fourth-order valence-corrected chi connectivity index (χ4v) is 4.60. The first-order valence-corrected chi connectivity index (χ1v) is 10.5. The van der Waals surface area contributed by atoms with Crippen molar-refractivity contribution in [1.29, 1.82) is 0 Å². The van der Waals surface area contributed by atoms with Gasteiger partial charge in [0.25, 0.3) is 0 Å². The second kappa shape index (κ2) is 8.37. The summed E-state index contributed by atoms with van der Waals surface area (Å²) >= 11 is 0. The molecule has 0 bridgehead atoms. The summed E-state index contributed by atoms with van der Waals surface area (Å²) < 4.78 is 0. The molecular formula is C24H29N3O2. The Morgan fingerprint density at radius 1 is 1.07 bits per heavy atom. The fraction of sp³-hybridized carbons (Fsp3) is 0.417. The molecule has 2 aromatic rings. The lowest BCUT2D eigenvalue weighted by Crippen LogP contribution is -2.51. The predicted octanol–water partition coefficient (Wildman–Crippen LogP) is 2.65. The topological polar surface area (TPSA) is 75.4 Å². The second-order valence-electron chi connectivity index (χ2n) is 8.32. The van der Waals surface area contributed by atoms with E-state index in [4.69, 9.17) is 5.73 Å². The van der Waals surface area contributed by atoms with E-state index in [1.54, 1.807) is 0 Å². The summed E-state index contributed by atoms with van der Waals surface area (Å²) in [6, 6.07) is 14.1. The maximum absolute atomic E-state index is 12.8. The number of nitrogens with one attached hydrogen (secondary N) is 1.